The molecule has 0 aliphatic carbocycles. The van der Waals surface area contributed by atoms with Crippen molar-refractivity contribution in [2.75, 3.05) is 0 Å². The van der Waals surface area contributed by atoms with Crippen LogP contribution in [0.5, 0.6) is 0 Å². The first kappa shape index (κ1) is 16.4. The summed E-state index contributed by atoms with van der Waals surface area (Å²) in [6.07, 6.45) is 0. The standard InChI is InChI=1S/C18H11ClN6/c19-18-14(12-6-1-3-10-16(12)22-24-20)8-5-9-15(18)13-7-2-4-11-17(13)23-25-21/h1-11H. The fourth-order valence-corrected chi connectivity index (χ4v) is 2.95. The summed E-state index contributed by atoms with van der Waals surface area (Å²) < 4.78 is 0. The highest BCUT2D eigenvalue weighted by Gasteiger charge is 2.13. The first-order valence-corrected chi connectivity index (χ1v) is 7.71. The smallest absolute Gasteiger partial charge is 0.0562 e. The van der Waals surface area contributed by atoms with E-state index in [1.54, 1.807) is 24.3 Å². The van der Waals surface area contributed by atoms with E-state index < -0.39 is 0 Å². The maximum absolute atomic E-state index is 8.77. The third-order valence-corrected chi connectivity index (χ3v) is 4.10. The number of halogens is 1. The van der Waals surface area contributed by atoms with Crippen molar-refractivity contribution in [1.29, 1.82) is 0 Å². The number of azide groups is 2. The molecule has 120 valence electrons. The second-order valence-corrected chi connectivity index (χ2v) is 5.46. The second-order valence-electron chi connectivity index (χ2n) is 5.08. The third-order valence-electron chi connectivity index (χ3n) is 3.69. The van der Waals surface area contributed by atoms with E-state index in [0.717, 1.165) is 22.3 Å². The normalized spacial score (nSPS) is 9.80. The highest BCUT2D eigenvalue weighted by atomic mass is 35.5. The number of hydrogen-bond donors (Lipinski definition) is 0. The van der Waals surface area contributed by atoms with E-state index in [4.69, 9.17) is 22.7 Å². The molecule has 0 atom stereocenters. The fraction of sp³-hybridized carbons (Fsp3) is 0. The Bertz CT molecular complexity index is 953. The quantitative estimate of drug-likeness (QED) is 0.264. The molecule has 3 aromatic rings. The SMILES string of the molecule is [N-]=[N+]=Nc1ccccc1-c1cccc(-c2ccccc2N=[N+]=[N-])c1Cl. The molecule has 0 aromatic heterocycles. The van der Waals surface area contributed by atoms with Crippen LogP contribution in [0.25, 0.3) is 43.1 Å². The summed E-state index contributed by atoms with van der Waals surface area (Å²) in [7, 11) is 0. The molecule has 0 fully saturated rings. The predicted molar refractivity (Wildman–Crippen MR) is 99.9 cm³/mol. The lowest BCUT2D eigenvalue weighted by atomic mass is 9.97. The minimum absolute atomic E-state index is 0.490. The van der Waals surface area contributed by atoms with Gasteiger partial charge in [0.15, 0.2) is 0 Å². The largest absolute Gasteiger partial charge is 0.0830 e. The van der Waals surface area contributed by atoms with Crippen LogP contribution >= 0.6 is 11.6 Å². The maximum Gasteiger partial charge on any atom is 0.0562 e. The lowest BCUT2D eigenvalue weighted by molar-refractivity contribution is 1.45. The topological polar surface area (TPSA) is 97.5 Å². The Morgan fingerprint density at radius 1 is 0.600 bits per heavy atom. The van der Waals surface area contributed by atoms with Crippen molar-refractivity contribution in [2.24, 2.45) is 10.2 Å². The number of rotatable bonds is 4. The summed E-state index contributed by atoms with van der Waals surface area (Å²) in [6.45, 7) is 0. The van der Waals surface area contributed by atoms with Crippen molar-refractivity contribution in [2.45, 2.75) is 0 Å². The van der Waals surface area contributed by atoms with Gasteiger partial charge in [0.05, 0.1) is 5.02 Å². The summed E-state index contributed by atoms with van der Waals surface area (Å²) in [4.78, 5) is 5.74. The van der Waals surface area contributed by atoms with Crippen molar-refractivity contribution in [1.82, 2.24) is 0 Å². The van der Waals surface area contributed by atoms with Gasteiger partial charge in [0.25, 0.3) is 0 Å². The van der Waals surface area contributed by atoms with Crippen LogP contribution in [0.2, 0.25) is 5.02 Å². The van der Waals surface area contributed by atoms with Crippen molar-refractivity contribution in [3.8, 4) is 22.3 Å². The van der Waals surface area contributed by atoms with Crippen LogP contribution in [0.15, 0.2) is 77.0 Å². The Kier molecular flexibility index (Phi) is 4.88. The van der Waals surface area contributed by atoms with E-state index in [9.17, 15) is 0 Å². The molecule has 0 radical (unpaired) electrons. The molecule has 0 bridgehead atoms. The van der Waals surface area contributed by atoms with Gasteiger partial charge in [-0.15, -0.1) is 0 Å². The van der Waals surface area contributed by atoms with Crippen molar-refractivity contribution >= 4 is 23.0 Å². The van der Waals surface area contributed by atoms with Crippen LogP contribution in [0.3, 0.4) is 0 Å². The number of hydrogen-bond acceptors (Lipinski definition) is 2. The highest BCUT2D eigenvalue weighted by molar-refractivity contribution is 6.36. The van der Waals surface area contributed by atoms with Gasteiger partial charge in [-0.2, -0.15) is 0 Å². The van der Waals surface area contributed by atoms with Crippen molar-refractivity contribution in [3.63, 3.8) is 0 Å². The van der Waals surface area contributed by atoms with Gasteiger partial charge >= 0.3 is 0 Å². The van der Waals surface area contributed by atoms with E-state index in [1.807, 2.05) is 42.5 Å². The Hall–Kier alpha value is -3.43. The van der Waals surface area contributed by atoms with Crippen LogP contribution in [0, 0.1) is 0 Å². The molecular weight excluding hydrogens is 336 g/mol. The van der Waals surface area contributed by atoms with Crippen LogP contribution in [-0.4, -0.2) is 0 Å². The van der Waals surface area contributed by atoms with Crippen LogP contribution in [-0.2, 0) is 0 Å². The van der Waals surface area contributed by atoms with Gasteiger partial charge in [0, 0.05) is 32.3 Å². The molecule has 25 heavy (non-hydrogen) atoms. The van der Waals surface area contributed by atoms with E-state index in [0.29, 0.717) is 16.4 Å². The summed E-state index contributed by atoms with van der Waals surface area (Å²) >= 11 is 6.65. The molecule has 3 aromatic carbocycles. The summed E-state index contributed by atoms with van der Waals surface area (Å²) in [5.41, 5.74) is 21.4. The number of benzene rings is 3. The monoisotopic (exact) mass is 346 g/mol. The van der Waals surface area contributed by atoms with Gasteiger partial charge in [0.1, 0.15) is 0 Å². The van der Waals surface area contributed by atoms with E-state index in [-0.39, 0.29) is 0 Å². The van der Waals surface area contributed by atoms with E-state index in [1.165, 1.54) is 0 Å². The average Bonchev–Trinajstić information content (AvgIpc) is 2.64. The van der Waals surface area contributed by atoms with Gasteiger partial charge in [-0.3, -0.25) is 0 Å². The number of nitrogens with zero attached hydrogens (tertiary/aromatic N) is 6. The Balaban J connectivity index is 2.24. The zero-order valence-electron chi connectivity index (χ0n) is 12.9. The third kappa shape index (κ3) is 3.27. The van der Waals surface area contributed by atoms with Gasteiger partial charge in [-0.25, -0.2) is 0 Å². The van der Waals surface area contributed by atoms with E-state index in [2.05, 4.69) is 20.1 Å². The lowest BCUT2D eigenvalue weighted by Gasteiger charge is -2.13. The summed E-state index contributed by atoms with van der Waals surface area (Å²) in [5, 5.41) is 7.95. The molecule has 6 nitrogen and oxygen atoms in total. The molecule has 3 rings (SSSR count). The molecule has 0 aliphatic rings. The summed E-state index contributed by atoms with van der Waals surface area (Å²) in [5.74, 6) is 0. The fourth-order valence-electron chi connectivity index (χ4n) is 2.62. The Morgan fingerprint density at radius 3 is 1.44 bits per heavy atom. The molecule has 7 heteroatoms. The van der Waals surface area contributed by atoms with Gasteiger partial charge in [-0.1, -0.05) is 88.6 Å². The first-order chi connectivity index (χ1) is 12.3. The predicted octanol–water partition coefficient (Wildman–Crippen LogP) is 7.56. The molecule has 0 amide bonds. The molecule has 0 saturated heterocycles. The zero-order chi connectivity index (χ0) is 17.6. The molecule has 0 spiro atoms. The second kappa shape index (κ2) is 7.43. The molecule has 0 N–H and O–H groups in total. The van der Waals surface area contributed by atoms with E-state index >= 15 is 0 Å². The van der Waals surface area contributed by atoms with Crippen molar-refractivity contribution in [3.05, 3.63) is 92.6 Å². The molecule has 0 heterocycles. The van der Waals surface area contributed by atoms with Crippen LogP contribution in [0.1, 0.15) is 0 Å². The minimum atomic E-state index is 0.490. The van der Waals surface area contributed by atoms with Gasteiger partial charge < -0.3 is 0 Å². The van der Waals surface area contributed by atoms with Crippen LogP contribution in [0.4, 0.5) is 11.4 Å². The highest BCUT2D eigenvalue weighted by Crippen LogP contribution is 2.42. The van der Waals surface area contributed by atoms with Crippen molar-refractivity contribution < 1.29 is 0 Å². The Morgan fingerprint density at radius 2 is 1.00 bits per heavy atom. The molecular formula is C18H11ClN6. The summed E-state index contributed by atoms with van der Waals surface area (Å²) in [6, 6.07) is 20.0. The lowest BCUT2D eigenvalue weighted by Crippen LogP contribution is -1.86. The average molecular weight is 347 g/mol. The first-order valence-electron chi connectivity index (χ1n) is 7.33. The molecule has 0 unspecified atom stereocenters. The molecule has 0 aliphatic heterocycles. The molecule has 0 saturated carbocycles. The van der Waals surface area contributed by atoms with Gasteiger partial charge in [-0.05, 0) is 22.2 Å². The van der Waals surface area contributed by atoms with Crippen LogP contribution < -0.4 is 0 Å². The zero-order valence-corrected chi connectivity index (χ0v) is 13.7. The maximum atomic E-state index is 8.77. The van der Waals surface area contributed by atoms with Gasteiger partial charge in [0.2, 0.25) is 0 Å². The Labute approximate surface area is 148 Å². The minimum Gasteiger partial charge on any atom is -0.0830 e.